The first-order valence-electron chi connectivity index (χ1n) is 8.25. The second-order valence-corrected chi connectivity index (χ2v) is 8.64. The fraction of sp³-hybridized carbons (Fsp3) is 0.562. The highest BCUT2D eigenvalue weighted by Crippen LogP contribution is 2.38. The molecule has 0 atom stereocenters. The van der Waals surface area contributed by atoms with Crippen molar-refractivity contribution in [2.24, 2.45) is 5.92 Å². The maximum Gasteiger partial charge on any atom is 0.326 e. The second-order valence-electron chi connectivity index (χ2n) is 7.05. The van der Waals surface area contributed by atoms with Crippen LogP contribution in [0.4, 0.5) is 10.1 Å². The molecule has 2 N–H and O–H groups in total. The molecule has 0 saturated carbocycles. The third-order valence-corrected chi connectivity index (χ3v) is 5.96. The molecule has 0 aromatic heterocycles. The molecular weight excluding hydrogens is 349 g/mol. The number of hydrogen-bond acceptors (Lipinski definition) is 5. The number of phenolic OH excluding ortho intramolecular Hbond substituents is 1. The maximum absolute atomic E-state index is 14.5. The lowest BCUT2D eigenvalue weighted by Crippen LogP contribution is -2.45. The number of aromatic hydroxyl groups is 1. The summed E-state index contributed by atoms with van der Waals surface area (Å²) in [6, 6.07) is 2.64. The first-order chi connectivity index (χ1) is 11.7. The van der Waals surface area contributed by atoms with E-state index >= 15 is 0 Å². The van der Waals surface area contributed by atoms with Gasteiger partial charge in [-0.1, -0.05) is 13.8 Å². The SMILES string of the molecule is CC(C)CCN1CC(c2cc(O)c(N3CC(=O)NS3(=O)=O)c(F)c2)C1. The summed E-state index contributed by atoms with van der Waals surface area (Å²) in [4.78, 5) is 13.6. The molecule has 1 amide bonds. The lowest BCUT2D eigenvalue weighted by molar-refractivity contribution is -0.117. The Morgan fingerprint density at radius 1 is 1.36 bits per heavy atom. The van der Waals surface area contributed by atoms with Crippen molar-refractivity contribution >= 4 is 21.8 Å². The average molecular weight is 371 g/mol. The van der Waals surface area contributed by atoms with Crippen LogP contribution < -0.4 is 9.03 Å². The molecule has 2 aliphatic rings. The summed E-state index contributed by atoms with van der Waals surface area (Å²) < 4.78 is 40.5. The molecule has 2 fully saturated rings. The number of likely N-dealkylation sites (tertiary alicyclic amines) is 1. The van der Waals surface area contributed by atoms with Gasteiger partial charge in [0, 0.05) is 19.0 Å². The van der Waals surface area contributed by atoms with Gasteiger partial charge in [0.05, 0.1) is 0 Å². The van der Waals surface area contributed by atoms with Gasteiger partial charge in [-0.25, -0.2) is 13.4 Å². The van der Waals surface area contributed by atoms with Crippen LogP contribution in [0.25, 0.3) is 0 Å². The van der Waals surface area contributed by atoms with Gasteiger partial charge in [0.2, 0.25) is 0 Å². The monoisotopic (exact) mass is 371 g/mol. The summed E-state index contributed by atoms with van der Waals surface area (Å²) >= 11 is 0. The van der Waals surface area contributed by atoms with Gasteiger partial charge in [-0.3, -0.25) is 4.79 Å². The van der Waals surface area contributed by atoms with Crippen molar-refractivity contribution in [3.8, 4) is 5.75 Å². The standard InChI is InChI=1S/C16H22FN3O4S/c1-10(2)3-4-19-7-12(8-19)11-5-13(17)16(14(21)6-11)20-9-15(22)18-25(20,23)24/h5-6,10,12,21H,3-4,7-9H2,1-2H3,(H,18,22). The molecule has 2 saturated heterocycles. The Hall–Kier alpha value is -1.87. The molecule has 0 unspecified atom stereocenters. The van der Waals surface area contributed by atoms with E-state index in [9.17, 15) is 22.7 Å². The Morgan fingerprint density at radius 2 is 2.04 bits per heavy atom. The molecule has 0 radical (unpaired) electrons. The highest BCUT2D eigenvalue weighted by atomic mass is 32.2. The quantitative estimate of drug-likeness (QED) is 0.811. The van der Waals surface area contributed by atoms with Crippen LogP contribution in [0.3, 0.4) is 0 Å². The highest BCUT2D eigenvalue weighted by Gasteiger charge is 2.38. The van der Waals surface area contributed by atoms with E-state index in [2.05, 4.69) is 18.7 Å². The van der Waals surface area contributed by atoms with E-state index in [-0.39, 0.29) is 5.92 Å². The normalized spacial score (nSPS) is 20.8. The Balaban J connectivity index is 1.75. The Labute approximate surface area is 146 Å². The van der Waals surface area contributed by atoms with E-state index < -0.39 is 39.9 Å². The van der Waals surface area contributed by atoms with Crippen LogP contribution in [-0.2, 0) is 15.0 Å². The number of amides is 1. The van der Waals surface area contributed by atoms with Crippen LogP contribution in [0.15, 0.2) is 12.1 Å². The van der Waals surface area contributed by atoms with Crippen molar-refractivity contribution in [1.82, 2.24) is 9.62 Å². The Kier molecular flexibility index (Phi) is 4.63. The minimum atomic E-state index is -4.16. The zero-order chi connectivity index (χ0) is 18.4. The van der Waals surface area contributed by atoms with Crippen molar-refractivity contribution in [1.29, 1.82) is 0 Å². The van der Waals surface area contributed by atoms with Crippen molar-refractivity contribution in [2.45, 2.75) is 26.2 Å². The average Bonchev–Trinajstić information content (AvgIpc) is 2.69. The number of benzene rings is 1. The van der Waals surface area contributed by atoms with Crippen molar-refractivity contribution in [2.75, 3.05) is 30.5 Å². The van der Waals surface area contributed by atoms with Crippen LogP contribution >= 0.6 is 0 Å². The summed E-state index contributed by atoms with van der Waals surface area (Å²) in [5, 5.41) is 10.2. The van der Waals surface area contributed by atoms with Crippen molar-refractivity contribution in [3.05, 3.63) is 23.5 Å². The summed E-state index contributed by atoms with van der Waals surface area (Å²) in [7, 11) is -4.16. The predicted octanol–water partition coefficient (Wildman–Crippen LogP) is 1.16. The minimum absolute atomic E-state index is 0.108. The largest absolute Gasteiger partial charge is 0.506 e. The van der Waals surface area contributed by atoms with Crippen LogP contribution in [0, 0.1) is 11.7 Å². The lowest BCUT2D eigenvalue weighted by Gasteiger charge is -2.40. The molecule has 0 bridgehead atoms. The molecule has 25 heavy (non-hydrogen) atoms. The number of phenols is 1. The molecule has 2 heterocycles. The zero-order valence-electron chi connectivity index (χ0n) is 14.2. The molecule has 0 aliphatic carbocycles. The van der Waals surface area contributed by atoms with Gasteiger partial charge < -0.3 is 10.0 Å². The fourth-order valence-electron chi connectivity index (χ4n) is 3.14. The number of carbonyl (C=O) groups is 1. The fourth-order valence-corrected chi connectivity index (χ4v) is 4.31. The van der Waals surface area contributed by atoms with E-state index in [0.717, 1.165) is 26.1 Å². The molecule has 1 aromatic carbocycles. The van der Waals surface area contributed by atoms with E-state index in [4.69, 9.17) is 0 Å². The molecular formula is C16H22FN3O4S. The highest BCUT2D eigenvalue weighted by molar-refractivity contribution is 7.92. The molecule has 1 aromatic rings. The van der Waals surface area contributed by atoms with Gasteiger partial charge >= 0.3 is 10.2 Å². The summed E-state index contributed by atoms with van der Waals surface area (Å²) in [5.41, 5.74) is 0.147. The van der Waals surface area contributed by atoms with Crippen LogP contribution in [0.2, 0.25) is 0 Å². The number of anilines is 1. The predicted molar refractivity (Wildman–Crippen MR) is 91.1 cm³/mol. The molecule has 2 aliphatic heterocycles. The first-order valence-corrected chi connectivity index (χ1v) is 9.69. The Morgan fingerprint density at radius 3 is 2.56 bits per heavy atom. The number of rotatable bonds is 5. The van der Waals surface area contributed by atoms with E-state index in [1.807, 2.05) is 0 Å². The van der Waals surface area contributed by atoms with Crippen molar-refractivity contribution < 1.29 is 22.7 Å². The number of nitrogens with one attached hydrogen (secondary N) is 1. The van der Waals surface area contributed by atoms with Crippen LogP contribution in [-0.4, -0.2) is 50.5 Å². The number of nitrogens with zero attached hydrogens (tertiary/aromatic N) is 2. The smallest absolute Gasteiger partial charge is 0.326 e. The number of carbonyl (C=O) groups excluding carboxylic acids is 1. The number of halogens is 1. The van der Waals surface area contributed by atoms with Gasteiger partial charge in [0.15, 0.2) is 5.82 Å². The van der Waals surface area contributed by atoms with E-state index in [1.54, 1.807) is 4.72 Å². The number of hydrogen-bond donors (Lipinski definition) is 2. The van der Waals surface area contributed by atoms with E-state index in [0.29, 0.717) is 15.8 Å². The Bertz CT molecular complexity index is 768. The minimum Gasteiger partial charge on any atom is -0.506 e. The van der Waals surface area contributed by atoms with Crippen molar-refractivity contribution in [3.63, 3.8) is 0 Å². The summed E-state index contributed by atoms with van der Waals surface area (Å²) in [5.74, 6) is -1.36. The summed E-state index contributed by atoms with van der Waals surface area (Å²) in [6.07, 6.45) is 1.10. The second kappa shape index (κ2) is 6.45. The van der Waals surface area contributed by atoms with E-state index in [1.165, 1.54) is 12.1 Å². The first kappa shape index (κ1) is 17.9. The van der Waals surface area contributed by atoms with Gasteiger partial charge in [0.25, 0.3) is 5.91 Å². The molecule has 7 nitrogen and oxygen atoms in total. The topological polar surface area (TPSA) is 89.9 Å². The van der Waals surface area contributed by atoms with Gasteiger partial charge in [-0.15, -0.1) is 0 Å². The molecule has 9 heteroatoms. The van der Waals surface area contributed by atoms with Crippen LogP contribution in [0.5, 0.6) is 5.75 Å². The van der Waals surface area contributed by atoms with Gasteiger partial charge in [0.1, 0.15) is 18.0 Å². The zero-order valence-corrected chi connectivity index (χ0v) is 15.0. The van der Waals surface area contributed by atoms with Gasteiger partial charge in [-0.2, -0.15) is 8.42 Å². The molecule has 138 valence electrons. The van der Waals surface area contributed by atoms with Crippen LogP contribution in [0.1, 0.15) is 31.7 Å². The third kappa shape index (κ3) is 3.57. The molecule has 0 spiro atoms. The van der Waals surface area contributed by atoms with Gasteiger partial charge in [-0.05, 0) is 36.6 Å². The maximum atomic E-state index is 14.5. The third-order valence-electron chi connectivity index (χ3n) is 4.59. The summed E-state index contributed by atoms with van der Waals surface area (Å²) in [6.45, 7) is 6.34. The molecule has 3 rings (SSSR count). The lowest BCUT2D eigenvalue weighted by atomic mass is 9.90.